The minimum atomic E-state index is -4.91. The Morgan fingerprint density at radius 3 is 2.35 bits per heavy atom. The van der Waals surface area contributed by atoms with Crippen molar-refractivity contribution >= 4 is 11.9 Å². The number of amides is 1. The number of nitrogens with one attached hydrogen (secondary N) is 1. The second kappa shape index (κ2) is 7.43. The van der Waals surface area contributed by atoms with Crippen molar-refractivity contribution in [2.45, 2.75) is 33.0 Å². The van der Waals surface area contributed by atoms with Gasteiger partial charge in [-0.05, 0) is 25.0 Å². The molecule has 1 N–H and O–H groups in total. The Morgan fingerprint density at radius 2 is 1.83 bits per heavy atom. The lowest BCUT2D eigenvalue weighted by atomic mass is 10.1. The fourth-order valence-corrected chi connectivity index (χ4v) is 1.63. The summed E-state index contributed by atoms with van der Waals surface area (Å²) in [6.45, 7) is 5.06. The topological polar surface area (TPSA) is 55.4 Å². The van der Waals surface area contributed by atoms with Crippen molar-refractivity contribution in [3.63, 3.8) is 0 Å². The van der Waals surface area contributed by atoms with Gasteiger partial charge >= 0.3 is 12.1 Å². The highest BCUT2D eigenvalue weighted by Gasteiger charge is 2.36. The number of alkyl halides is 3. The van der Waals surface area contributed by atoms with Gasteiger partial charge in [0.1, 0.15) is 11.9 Å². The van der Waals surface area contributed by atoms with Crippen LogP contribution in [0.3, 0.4) is 0 Å². The highest BCUT2D eigenvalue weighted by molar-refractivity contribution is 5.97. The summed E-state index contributed by atoms with van der Waals surface area (Å²) in [5.41, 5.74) is -2.33. The second-order valence-electron chi connectivity index (χ2n) is 5.38. The lowest BCUT2D eigenvalue weighted by molar-refractivity contribution is -0.146. The van der Waals surface area contributed by atoms with Crippen LogP contribution in [0.2, 0.25) is 0 Å². The molecule has 1 atom stereocenters. The highest BCUT2D eigenvalue weighted by Crippen LogP contribution is 2.32. The summed E-state index contributed by atoms with van der Waals surface area (Å²) in [6.07, 6.45) is -4.91. The van der Waals surface area contributed by atoms with Crippen molar-refractivity contribution in [3.8, 4) is 0 Å². The Morgan fingerprint density at radius 1 is 1.22 bits per heavy atom. The van der Waals surface area contributed by atoms with Crippen LogP contribution in [-0.4, -0.2) is 24.5 Å². The van der Waals surface area contributed by atoms with E-state index in [0.29, 0.717) is 6.07 Å². The van der Waals surface area contributed by atoms with Crippen LogP contribution >= 0.6 is 0 Å². The maximum absolute atomic E-state index is 13.8. The van der Waals surface area contributed by atoms with Gasteiger partial charge in [0.15, 0.2) is 0 Å². The average molecular weight is 335 g/mol. The number of hydrogen-bond acceptors (Lipinski definition) is 3. The number of benzene rings is 1. The molecule has 0 aliphatic heterocycles. The van der Waals surface area contributed by atoms with Gasteiger partial charge in [0.2, 0.25) is 0 Å². The Kier molecular flexibility index (Phi) is 6.12. The van der Waals surface area contributed by atoms with Crippen molar-refractivity contribution in [2.75, 3.05) is 6.61 Å². The molecule has 0 aliphatic rings. The molecule has 0 heterocycles. The molecule has 8 heteroatoms. The summed E-state index contributed by atoms with van der Waals surface area (Å²) >= 11 is 0. The van der Waals surface area contributed by atoms with E-state index < -0.39 is 41.0 Å². The van der Waals surface area contributed by atoms with E-state index in [2.05, 4.69) is 5.32 Å². The molecule has 0 saturated heterocycles. The summed E-state index contributed by atoms with van der Waals surface area (Å²) in [5.74, 6) is -3.47. The molecule has 1 amide bonds. The number of hydrogen-bond donors (Lipinski definition) is 1. The number of ether oxygens (including phenoxy) is 1. The summed E-state index contributed by atoms with van der Waals surface area (Å²) in [4.78, 5) is 23.5. The van der Waals surface area contributed by atoms with Gasteiger partial charge < -0.3 is 10.1 Å². The molecule has 1 unspecified atom stereocenters. The minimum absolute atomic E-state index is 0.0859. The number of rotatable bonds is 5. The predicted molar refractivity (Wildman–Crippen MR) is 74.1 cm³/mol. The van der Waals surface area contributed by atoms with Gasteiger partial charge in [0.25, 0.3) is 5.91 Å². The fourth-order valence-electron chi connectivity index (χ4n) is 1.63. The SMILES string of the molecule is CC(C)COC(=O)C(C)NC(=O)c1cccc(C(F)(F)F)c1F. The van der Waals surface area contributed by atoms with E-state index >= 15 is 0 Å². The van der Waals surface area contributed by atoms with Crippen molar-refractivity contribution < 1.29 is 31.9 Å². The van der Waals surface area contributed by atoms with Crippen molar-refractivity contribution in [1.29, 1.82) is 0 Å². The monoisotopic (exact) mass is 335 g/mol. The molecule has 0 fully saturated rings. The molecule has 0 aromatic heterocycles. The standard InChI is InChI=1S/C15H17F4NO3/c1-8(2)7-23-14(22)9(3)20-13(21)10-5-4-6-11(12(10)16)15(17,18)19/h4-6,8-9H,7H2,1-3H3,(H,20,21). The zero-order valence-corrected chi connectivity index (χ0v) is 12.8. The Balaban J connectivity index is 2.85. The van der Waals surface area contributed by atoms with Gasteiger partial charge in [0, 0.05) is 0 Å². The van der Waals surface area contributed by atoms with E-state index in [1.54, 1.807) is 0 Å². The van der Waals surface area contributed by atoms with Crippen LogP contribution in [0.15, 0.2) is 18.2 Å². The number of carbonyl (C=O) groups is 2. The maximum atomic E-state index is 13.8. The third kappa shape index (κ3) is 5.22. The molecular weight excluding hydrogens is 318 g/mol. The first-order valence-electron chi connectivity index (χ1n) is 6.87. The fraction of sp³-hybridized carbons (Fsp3) is 0.467. The highest BCUT2D eigenvalue weighted by atomic mass is 19.4. The van der Waals surface area contributed by atoms with Crippen LogP contribution in [-0.2, 0) is 15.7 Å². The average Bonchev–Trinajstić information content (AvgIpc) is 2.43. The van der Waals surface area contributed by atoms with Gasteiger partial charge in [-0.3, -0.25) is 4.79 Å². The molecule has 128 valence electrons. The van der Waals surface area contributed by atoms with Crippen LogP contribution in [0.5, 0.6) is 0 Å². The Labute approximate surface area is 130 Å². The third-order valence-electron chi connectivity index (χ3n) is 2.81. The van der Waals surface area contributed by atoms with Crippen LogP contribution < -0.4 is 5.32 Å². The molecule has 1 aromatic carbocycles. The van der Waals surface area contributed by atoms with Crippen molar-refractivity contribution in [1.82, 2.24) is 5.32 Å². The maximum Gasteiger partial charge on any atom is 0.419 e. The largest absolute Gasteiger partial charge is 0.464 e. The van der Waals surface area contributed by atoms with Crippen LogP contribution in [0.4, 0.5) is 17.6 Å². The van der Waals surface area contributed by atoms with Gasteiger partial charge in [-0.1, -0.05) is 19.9 Å². The molecule has 4 nitrogen and oxygen atoms in total. The van der Waals surface area contributed by atoms with Crippen LogP contribution in [0, 0.1) is 11.7 Å². The summed E-state index contributed by atoms with van der Waals surface area (Å²) in [6, 6.07) is 1.25. The van der Waals surface area contributed by atoms with E-state index in [0.717, 1.165) is 12.1 Å². The zero-order valence-electron chi connectivity index (χ0n) is 12.8. The van der Waals surface area contributed by atoms with E-state index in [9.17, 15) is 27.2 Å². The van der Waals surface area contributed by atoms with Crippen molar-refractivity contribution in [2.24, 2.45) is 5.92 Å². The molecule has 0 aliphatic carbocycles. The molecule has 23 heavy (non-hydrogen) atoms. The number of halogens is 4. The van der Waals surface area contributed by atoms with Gasteiger partial charge in [-0.2, -0.15) is 13.2 Å². The summed E-state index contributed by atoms with van der Waals surface area (Å²) < 4.78 is 56.5. The normalized spacial score (nSPS) is 12.9. The Hall–Kier alpha value is -2.12. The molecule has 0 radical (unpaired) electrons. The minimum Gasteiger partial charge on any atom is -0.464 e. The Bertz CT molecular complexity index is 585. The first-order valence-corrected chi connectivity index (χ1v) is 6.87. The molecule has 1 aromatic rings. The molecule has 1 rings (SSSR count). The lowest BCUT2D eigenvalue weighted by Gasteiger charge is -2.15. The molecular formula is C15H17F4NO3. The van der Waals surface area contributed by atoms with Crippen LogP contribution in [0.1, 0.15) is 36.7 Å². The lowest BCUT2D eigenvalue weighted by Crippen LogP contribution is -2.40. The molecule has 0 saturated carbocycles. The van der Waals surface area contributed by atoms with Gasteiger partial charge in [-0.15, -0.1) is 0 Å². The molecule has 0 bridgehead atoms. The summed E-state index contributed by atoms with van der Waals surface area (Å²) in [7, 11) is 0. The van der Waals surface area contributed by atoms with Crippen LogP contribution in [0.25, 0.3) is 0 Å². The van der Waals surface area contributed by atoms with E-state index in [1.165, 1.54) is 6.92 Å². The second-order valence-corrected chi connectivity index (χ2v) is 5.38. The number of esters is 1. The third-order valence-corrected chi connectivity index (χ3v) is 2.81. The van der Waals surface area contributed by atoms with Crippen molar-refractivity contribution in [3.05, 3.63) is 35.1 Å². The van der Waals surface area contributed by atoms with E-state index in [-0.39, 0.29) is 12.5 Å². The smallest absolute Gasteiger partial charge is 0.419 e. The first-order chi connectivity index (χ1) is 10.5. The van der Waals surface area contributed by atoms with Gasteiger partial charge in [0.05, 0.1) is 17.7 Å². The first kappa shape index (κ1) is 18.9. The quantitative estimate of drug-likeness (QED) is 0.664. The number of carbonyl (C=O) groups excluding carboxylic acids is 2. The zero-order chi connectivity index (χ0) is 17.8. The van der Waals surface area contributed by atoms with E-state index in [4.69, 9.17) is 4.74 Å². The van der Waals surface area contributed by atoms with Gasteiger partial charge in [-0.25, -0.2) is 9.18 Å². The van der Waals surface area contributed by atoms with E-state index in [1.807, 2.05) is 13.8 Å². The summed E-state index contributed by atoms with van der Waals surface area (Å²) in [5, 5.41) is 2.12. The molecule has 0 spiro atoms. The predicted octanol–water partition coefficient (Wildman–Crippen LogP) is 3.16.